The van der Waals surface area contributed by atoms with Gasteiger partial charge in [0.05, 0.1) is 12.5 Å². The van der Waals surface area contributed by atoms with E-state index in [1.54, 1.807) is 17.0 Å². The molecule has 30 heavy (non-hydrogen) atoms. The topological polar surface area (TPSA) is 65.1 Å². The van der Waals surface area contributed by atoms with E-state index in [1.165, 1.54) is 0 Å². The van der Waals surface area contributed by atoms with Gasteiger partial charge in [-0.3, -0.25) is 9.59 Å². The van der Waals surface area contributed by atoms with E-state index in [1.807, 2.05) is 60.7 Å². The molecule has 1 atom stereocenters. The second-order valence-corrected chi connectivity index (χ2v) is 7.17. The SMILES string of the molecule is O=C(CC1c2cc3c(cc2C(=O)N1c1ccccc1)OCO3)OCc1ccccc1. The zero-order valence-electron chi connectivity index (χ0n) is 16.1. The Hall–Kier alpha value is -3.80. The maximum absolute atomic E-state index is 13.2. The number of rotatable bonds is 5. The number of carbonyl (C=O) groups is 2. The highest BCUT2D eigenvalue weighted by Crippen LogP contribution is 2.45. The summed E-state index contributed by atoms with van der Waals surface area (Å²) in [5.74, 6) is 0.583. The molecule has 0 saturated carbocycles. The summed E-state index contributed by atoms with van der Waals surface area (Å²) in [6.45, 7) is 0.318. The van der Waals surface area contributed by atoms with E-state index in [9.17, 15) is 9.59 Å². The number of hydrogen-bond acceptors (Lipinski definition) is 5. The van der Waals surface area contributed by atoms with Gasteiger partial charge in [0, 0.05) is 11.3 Å². The van der Waals surface area contributed by atoms with Gasteiger partial charge in [-0.05, 0) is 35.4 Å². The Morgan fingerprint density at radius 1 is 0.967 bits per heavy atom. The highest BCUT2D eigenvalue weighted by Gasteiger charge is 2.41. The first kappa shape index (κ1) is 18.2. The van der Waals surface area contributed by atoms with Gasteiger partial charge in [0.1, 0.15) is 6.61 Å². The maximum Gasteiger partial charge on any atom is 0.308 e. The standard InChI is InChI=1S/C24H19NO5/c26-23(28-14-16-7-3-1-4-8-16)13-20-18-11-21-22(30-15-29-21)12-19(18)24(27)25(20)17-9-5-2-6-10-17/h1-12,20H,13-15H2. The van der Waals surface area contributed by atoms with Crippen molar-refractivity contribution in [3.8, 4) is 11.5 Å². The molecule has 2 aliphatic rings. The lowest BCUT2D eigenvalue weighted by atomic mass is 10.0. The lowest BCUT2D eigenvalue weighted by Gasteiger charge is -2.25. The van der Waals surface area contributed by atoms with Gasteiger partial charge >= 0.3 is 5.97 Å². The number of nitrogens with zero attached hydrogens (tertiary/aromatic N) is 1. The zero-order chi connectivity index (χ0) is 20.5. The molecule has 1 unspecified atom stereocenters. The molecule has 0 aromatic heterocycles. The van der Waals surface area contributed by atoms with Crippen LogP contribution in [0.15, 0.2) is 72.8 Å². The van der Waals surface area contributed by atoms with Crippen LogP contribution in [0.2, 0.25) is 0 Å². The summed E-state index contributed by atoms with van der Waals surface area (Å²) in [5, 5.41) is 0. The van der Waals surface area contributed by atoms with Gasteiger partial charge in [0.25, 0.3) is 5.91 Å². The Bertz CT molecular complexity index is 1100. The minimum atomic E-state index is -0.479. The molecule has 2 aliphatic heterocycles. The van der Waals surface area contributed by atoms with Crippen LogP contribution >= 0.6 is 0 Å². The monoisotopic (exact) mass is 401 g/mol. The van der Waals surface area contributed by atoms with E-state index in [-0.39, 0.29) is 31.7 Å². The molecule has 3 aromatic rings. The number of esters is 1. The second-order valence-electron chi connectivity index (χ2n) is 7.17. The van der Waals surface area contributed by atoms with E-state index >= 15 is 0 Å². The third-order valence-corrected chi connectivity index (χ3v) is 5.30. The summed E-state index contributed by atoms with van der Waals surface area (Å²) < 4.78 is 16.4. The van der Waals surface area contributed by atoms with E-state index in [0.717, 1.165) is 16.8 Å². The Kier molecular flexibility index (Phi) is 4.59. The quantitative estimate of drug-likeness (QED) is 0.598. The molecule has 0 saturated heterocycles. The molecule has 0 radical (unpaired) electrons. The number of hydrogen-bond donors (Lipinski definition) is 0. The lowest BCUT2D eigenvalue weighted by molar-refractivity contribution is -0.145. The molecule has 0 N–H and O–H groups in total. The Balaban J connectivity index is 1.44. The average molecular weight is 401 g/mol. The van der Waals surface area contributed by atoms with Crippen LogP contribution in [-0.4, -0.2) is 18.7 Å². The first-order valence-corrected chi connectivity index (χ1v) is 9.72. The molecule has 0 bridgehead atoms. The molecular formula is C24H19NO5. The molecule has 1 amide bonds. The number of para-hydroxylation sites is 1. The van der Waals surface area contributed by atoms with Crippen LogP contribution in [0.25, 0.3) is 0 Å². The second kappa shape index (κ2) is 7.55. The Morgan fingerprint density at radius 3 is 2.37 bits per heavy atom. The van der Waals surface area contributed by atoms with E-state index in [2.05, 4.69) is 0 Å². The molecule has 6 nitrogen and oxygen atoms in total. The fourth-order valence-corrected chi connectivity index (χ4v) is 3.87. The van der Waals surface area contributed by atoms with E-state index < -0.39 is 6.04 Å². The maximum atomic E-state index is 13.2. The molecule has 3 aromatic carbocycles. The number of amides is 1. The van der Waals surface area contributed by atoms with Gasteiger partial charge in [-0.15, -0.1) is 0 Å². The molecular weight excluding hydrogens is 382 g/mol. The minimum absolute atomic E-state index is 0.0418. The largest absolute Gasteiger partial charge is 0.461 e. The summed E-state index contributed by atoms with van der Waals surface area (Å²) in [6.07, 6.45) is 0.0418. The number of anilines is 1. The van der Waals surface area contributed by atoms with Gasteiger partial charge in [-0.1, -0.05) is 48.5 Å². The highest BCUT2D eigenvalue weighted by atomic mass is 16.7. The van der Waals surface area contributed by atoms with Gasteiger partial charge in [0.15, 0.2) is 11.5 Å². The first-order chi connectivity index (χ1) is 14.7. The fourth-order valence-electron chi connectivity index (χ4n) is 3.87. The van der Waals surface area contributed by atoms with Gasteiger partial charge < -0.3 is 19.1 Å². The molecule has 0 spiro atoms. The van der Waals surface area contributed by atoms with Crippen molar-refractivity contribution in [2.45, 2.75) is 19.1 Å². The van der Waals surface area contributed by atoms with Crippen molar-refractivity contribution < 1.29 is 23.8 Å². The summed E-state index contributed by atoms with van der Waals surface area (Å²) in [5.41, 5.74) is 2.90. The van der Waals surface area contributed by atoms with Crippen molar-refractivity contribution >= 4 is 17.6 Å². The highest BCUT2D eigenvalue weighted by molar-refractivity contribution is 6.12. The number of carbonyl (C=O) groups excluding carboxylic acids is 2. The van der Waals surface area contributed by atoms with Crippen molar-refractivity contribution in [1.29, 1.82) is 0 Å². The predicted octanol–water partition coefficient (Wildman–Crippen LogP) is 4.25. The van der Waals surface area contributed by atoms with Crippen molar-refractivity contribution in [2.75, 3.05) is 11.7 Å². The summed E-state index contributed by atoms with van der Waals surface area (Å²) in [6, 6.07) is 21.8. The van der Waals surface area contributed by atoms with E-state index in [0.29, 0.717) is 17.1 Å². The smallest absolute Gasteiger partial charge is 0.308 e. The third-order valence-electron chi connectivity index (χ3n) is 5.30. The van der Waals surface area contributed by atoms with Crippen molar-refractivity contribution in [3.05, 3.63) is 89.5 Å². The van der Waals surface area contributed by atoms with Gasteiger partial charge in [0.2, 0.25) is 6.79 Å². The van der Waals surface area contributed by atoms with Crippen LogP contribution in [0, 0.1) is 0 Å². The number of benzene rings is 3. The summed E-state index contributed by atoms with van der Waals surface area (Å²) in [4.78, 5) is 27.6. The predicted molar refractivity (Wildman–Crippen MR) is 109 cm³/mol. The Morgan fingerprint density at radius 2 is 1.63 bits per heavy atom. The van der Waals surface area contributed by atoms with Gasteiger partial charge in [-0.2, -0.15) is 0 Å². The van der Waals surface area contributed by atoms with Crippen LogP contribution in [0.1, 0.15) is 33.9 Å². The minimum Gasteiger partial charge on any atom is -0.461 e. The summed E-state index contributed by atoms with van der Waals surface area (Å²) in [7, 11) is 0. The molecule has 0 fully saturated rings. The van der Waals surface area contributed by atoms with Crippen molar-refractivity contribution in [2.24, 2.45) is 0 Å². The van der Waals surface area contributed by atoms with Gasteiger partial charge in [-0.25, -0.2) is 0 Å². The van der Waals surface area contributed by atoms with Crippen LogP contribution in [0.3, 0.4) is 0 Å². The van der Waals surface area contributed by atoms with Crippen molar-refractivity contribution in [3.63, 3.8) is 0 Å². The summed E-state index contributed by atoms with van der Waals surface area (Å²) >= 11 is 0. The average Bonchev–Trinajstić information content (AvgIpc) is 3.35. The molecule has 5 rings (SSSR count). The number of ether oxygens (including phenoxy) is 3. The third kappa shape index (κ3) is 3.26. The molecule has 0 aliphatic carbocycles. The fraction of sp³-hybridized carbons (Fsp3) is 0.167. The van der Waals surface area contributed by atoms with E-state index in [4.69, 9.17) is 14.2 Å². The zero-order valence-corrected chi connectivity index (χ0v) is 16.1. The molecule has 6 heteroatoms. The number of fused-ring (bicyclic) bond motifs is 2. The lowest BCUT2D eigenvalue weighted by Crippen LogP contribution is -2.29. The van der Waals surface area contributed by atoms with Crippen LogP contribution in [-0.2, 0) is 16.1 Å². The normalized spacial score (nSPS) is 16.5. The first-order valence-electron chi connectivity index (χ1n) is 9.72. The molecule has 150 valence electrons. The molecule has 2 heterocycles. The Labute approximate surface area is 173 Å². The van der Waals surface area contributed by atoms with Crippen LogP contribution in [0.5, 0.6) is 11.5 Å². The van der Waals surface area contributed by atoms with Crippen molar-refractivity contribution in [1.82, 2.24) is 0 Å². The van der Waals surface area contributed by atoms with Crippen LogP contribution < -0.4 is 14.4 Å². The van der Waals surface area contributed by atoms with Crippen LogP contribution in [0.4, 0.5) is 5.69 Å².